The maximum Gasteiger partial charge on any atom is 0.243 e. The summed E-state index contributed by atoms with van der Waals surface area (Å²) in [6.07, 6.45) is 4.12. The first-order valence-corrected chi connectivity index (χ1v) is 7.08. The van der Waals surface area contributed by atoms with Crippen LogP contribution in [0.2, 0.25) is 0 Å². The molecule has 1 saturated carbocycles. The van der Waals surface area contributed by atoms with Crippen LogP contribution in [0.3, 0.4) is 0 Å². The number of aromatic nitrogens is 2. The number of ether oxygens (including phenoxy) is 1. The van der Waals surface area contributed by atoms with Crippen molar-refractivity contribution >= 4 is 16.0 Å². The lowest BCUT2D eigenvalue weighted by molar-refractivity contribution is 0.0236. The van der Waals surface area contributed by atoms with E-state index in [0.29, 0.717) is 18.8 Å². The largest absolute Gasteiger partial charge is 0.381 e. The minimum atomic E-state index is -3.54. The van der Waals surface area contributed by atoms with E-state index in [0.717, 1.165) is 0 Å². The number of hydrogen-bond donors (Lipinski definition) is 2. The zero-order valence-corrected chi connectivity index (χ0v) is 11.1. The van der Waals surface area contributed by atoms with Gasteiger partial charge >= 0.3 is 0 Å². The van der Waals surface area contributed by atoms with Crippen LogP contribution < -0.4 is 10.0 Å². The number of nitrogens with one attached hydrogen (secondary N) is 2. The van der Waals surface area contributed by atoms with E-state index < -0.39 is 10.0 Å². The minimum absolute atomic E-state index is 0.0658. The Morgan fingerprint density at radius 2 is 1.94 bits per heavy atom. The predicted molar refractivity (Wildman–Crippen MR) is 65.7 cm³/mol. The van der Waals surface area contributed by atoms with Gasteiger partial charge in [-0.2, -0.15) is 0 Å². The first-order chi connectivity index (χ1) is 8.55. The summed E-state index contributed by atoms with van der Waals surface area (Å²) in [6.45, 7) is 0. The van der Waals surface area contributed by atoms with E-state index in [4.69, 9.17) is 4.74 Å². The van der Waals surface area contributed by atoms with Gasteiger partial charge in [-0.3, -0.25) is 0 Å². The number of methoxy groups -OCH3 is 1. The molecule has 0 bridgehead atoms. The predicted octanol–water partition coefficient (Wildman–Crippen LogP) is -0.0260. The molecular formula is C10H16N4O3S. The molecule has 2 N–H and O–H groups in total. The normalized spacial score (nSPS) is 23.4. The second-order valence-corrected chi connectivity index (χ2v) is 5.85. The van der Waals surface area contributed by atoms with Crippen molar-refractivity contribution in [2.24, 2.45) is 0 Å². The molecule has 18 heavy (non-hydrogen) atoms. The topological polar surface area (TPSA) is 93.2 Å². The Morgan fingerprint density at radius 1 is 1.33 bits per heavy atom. The van der Waals surface area contributed by atoms with E-state index in [2.05, 4.69) is 20.0 Å². The van der Waals surface area contributed by atoms with Crippen molar-refractivity contribution in [1.29, 1.82) is 0 Å². The Balaban J connectivity index is 2.02. The van der Waals surface area contributed by atoms with Gasteiger partial charge in [0.15, 0.2) is 0 Å². The van der Waals surface area contributed by atoms with Gasteiger partial charge in [-0.25, -0.2) is 23.1 Å². The van der Waals surface area contributed by atoms with Crippen LogP contribution >= 0.6 is 0 Å². The highest BCUT2D eigenvalue weighted by molar-refractivity contribution is 7.89. The first-order valence-electron chi connectivity index (χ1n) is 5.60. The van der Waals surface area contributed by atoms with Gasteiger partial charge in [-0.05, 0) is 12.8 Å². The zero-order chi connectivity index (χ0) is 13.2. The van der Waals surface area contributed by atoms with Crippen molar-refractivity contribution in [2.45, 2.75) is 29.9 Å². The minimum Gasteiger partial charge on any atom is -0.381 e. The summed E-state index contributed by atoms with van der Waals surface area (Å²) >= 11 is 0. The van der Waals surface area contributed by atoms with E-state index in [-0.39, 0.29) is 17.0 Å². The molecule has 100 valence electrons. The van der Waals surface area contributed by atoms with E-state index in [1.54, 1.807) is 14.2 Å². The Morgan fingerprint density at radius 3 is 2.44 bits per heavy atom. The van der Waals surface area contributed by atoms with Gasteiger partial charge in [0.05, 0.1) is 18.5 Å². The molecule has 0 unspecified atom stereocenters. The van der Waals surface area contributed by atoms with Crippen molar-refractivity contribution < 1.29 is 13.2 Å². The third-order valence-electron chi connectivity index (χ3n) is 2.91. The monoisotopic (exact) mass is 272 g/mol. The second kappa shape index (κ2) is 5.17. The van der Waals surface area contributed by atoms with Crippen LogP contribution in [0, 0.1) is 0 Å². The van der Waals surface area contributed by atoms with Crippen LogP contribution in [0.25, 0.3) is 0 Å². The van der Waals surface area contributed by atoms with Gasteiger partial charge in [0.1, 0.15) is 4.90 Å². The summed E-state index contributed by atoms with van der Waals surface area (Å²) in [6, 6.07) is -0.0658. The highest BCUT2D eigenvalue weighted by atomic mass is 32.2. The number of rotatable bonds is 5. The van der Waals surface area contributed by atoms with Gasteiger partial charge < -0.3 is 10.1 Å². The molecule has 0 saturated heterocycles. The van der Waals surface area contributed by atoms with Gasteiger partial charge in [-0.1, -0.05) is 0 Å². The molecule has 1 aromatic heterocycles. The lowest BCUT2D eigenvalue weighted by Gasteiger charge is -2.34. The average molecular weight is 272 g/mol. The van der Waals surface area contributed by atoms with E-state index >= 15 is 0 Å². The fourth-order valence-corrected chi connectivity index (χ4v) is 2.88. The molecule has 0 aromatic carbocycles. The highest BCUT2D eigenvalue weighted by Crippen LogP contribution is 2.24. The quantitative estimate of drug-likeness (QED) is 0.782. The van der Waals surface area contributed by atoms with Gasteiger partial charge in [0.2, 0.25) is 16.0 Å². The Labute approximate surface area is 106 Å². The third kappa shape index (κ3) is 2.77. The smallest absolute Gasteiger partial charge is 0.243 e. The Hall–Kier alpha value is -1.25. The second-order valence-electron chi connectivity index (χ2n) is 4.14. The number of hydrogen-bond acceptors (Lipinski definition) is 6. The van der Waals surface area contributed by atoms with E-state index in [1.807, 2.05) is 0 Å². The Kier molecular flexibility index (Phi) is 3.79. The molecule has 1 aromatic rings. The summed E-state index contributed by atoms with van der Waals surface area (Å²) < 4.78 is 31.7. The van der Waals surface area contributed by atoms with Gasteiger partial charge in [0, 0.05) is 20.2 Å². The molecule has 1 fully saturated rings. The summed E-state index contributed by atoms with van der Waals surface area (Å²) in [5.41, 5.74) is 0. The first kappa shape index (κ1) is 13.2. The summed E-state index contributed by atoms with van der Waals surface area (Å²) in [5, 5.41) is 2.73. The molecular weight excluding hydrogens is 256 g/mol. The average Bonchev–Trinajstić information content (AvgIpc) is 2.33. The summed E-state index contributed by atoms with van der Waals surface area (Å²) in [7, 11) is -0.243. The highest BCUT2D eigenvalue weighted by Gasteiger charge is 2.32. The molecule has 0 spiro atoms. The third-order valence-corrected chi connectivity index (χ3v) is 4.39. The molecule has 8 heteroatoms. The molecule has 0 aliphatic heterocycles. The SMILES string of the molecule is CNc1ncc(S(=O)(=O)NC2CC(OC)C2)cn1. The summed E-state index contributed by atoms with van der Waals surface area (Å²) in [5.74, 6) is 0.386. The van der Waals surface area contributed by atoms with Gasteiger partial charge in [-0.15, -0.1) is 0 Å². The summed E-state index contributed by atoms with van der Waals surface area (Å²) in [4.78, 5) is 7.83. The lowest BCUT2D eigenvalue weighted by atomic mass is 9.90. The van der Waals surface area contributed by atoms with Crippen molar-refractivity contribution in [3.63, 3.8) is 0 Å². The maximum atomic E-state index is 12.0. The van der Waals surface area contributed by atoms with E-state index in [9.17, 15) is 8.42 Å². The van der Waals surface area contributed by atoms with Crippen LogP contribution in [-0.2, 0) is 14.8 Å². The van der Waals surface area contributed by atoms with Crippen LogP contribution in [0.5, 0.6) is 0 Å². The molecule has 1 aliphatic carbocycles. The van der Waals surface area contributed by atoms with Crippen molar-refractivity contribution in [3.8, 4) is 0 Å². The fraction of sp³-hybridized carbons (Fsp3) is 0.600. The molecule has 0 atom stereocenters. The molecule has 0 amide bonds. The standard InChI is InChI=1S/C10H16N4O3S/c1-11-10-12-5-9(6-13-10)18(15,16)14-7-3-8(4-7)17-2/h5-8,14H,3-4H2,1-2H3,(H,11,12,13). The fourth-order valence-electron chi connectivity index (χ4n) is 1.73. The number of anilines is 1. The van der Waals surface area contributed by atoms with E-state index in [1.165, 1.54) is 12.4 Å². The maximum absolute atomic E-state index is 12.0. The van der Waals surface area contributed by atoms with Crippen LogP contribution in [-0.4, -0.2) is 44.7 Å². The molecule has 2 rings (SSSR count). The molecule has 7 nitrogen and oxygen atoms in total. The number of sulfonamides is 1. The van der Waals surface area contributed by atoms with Crippen molar-refractivity contribution in [3.05, 3.63) is 12.4 Å². The number of nitrogens with zero attached hydrogens (tertiary/aromatic N) is 2. The Bertz CT molecular complexity index is 496. The van der Waals surface area contributed by atoms with Crippen molar-refractivity contribution in [2.75, 3.05) is 19.5 Å². The van der Waals surface area contributed by atoms with Crippen LogP contribution in [0.15, 0.2) is 17.3 Å². The van der Waals surface area contributed by atoms with Crippen LogP contribution in [0.1, 0.15) is 12.8 Å². The van der Waals surface area contributed by atoms with Gasteiger partial charge in [0.25, 0.3) is 0 Å². The zero-order valence-electron chi connectivity index (χ0n) is 10.3. The molecule has 1 heterocycles. The van der Waals surface area contributed by atoms with Crippen LogP contribution in [0.4, 0.5) is 5.95 Å². The molecule has 0 radical (unpaired) electrons. The lowest BCUT2D eigenvalue weighted by Crippen LogP contribution is -2.47. The molecule has 1 aliphatic rings. The van der Waals surface area contributed by atoms with Crippen molar-refractivity contribution in [1.82, 2.24) is 14.7 Å².